The second kappa shape index (κ2) is 7.03. The maximum atomic E-state index is 13.4. The standard InChI is InChI=1S/C12H15F2NO3/c13-10-3-1-2-9(12(10)14)8-11(18)15(4-6-16)5-7-17/h1-3,16-17H,4-8H2. The highest BCUT2D eigenvalue weighted by molar-refractivity contribution is 5.78. The quantitative estimate of drug-likeness (QED) is 0.773. The van der Waals surface area contributed by atoms with E-state index in [1.54, 1.807) is 0 Å². The largest absolute Gasteiger partial charge is 0.395 e. The van der Waals surface area contributed by atoms with Gasteiger partial charge in [0.2, 0.25) is 5.91 Å². The Balaban J connectivity index is 2.75. The minimum Gasteiger partial charge on any atom is -0.395 e. The number of halogens is 2. The summed E-state index contributed by atoms with van der Waals surface area (Å²) in [5, 5.41) is 17.5. The number of carbonyl (C=O) groups excluding carboxylic acids is 1. The van der Waals surface area contributed by atoms with Gasteiger partial charge in [0.05, 0.1) is 19.6 Å². The molecule has 18 heavy (non-hydrogen) atoms. The van der Waals surface area contributed by atoms with E-state index in [9.17, 15) is 13.6 Å². The molecule has 1 rings (SSSR count). The average Bonchev–Trinajstić information content (AvgIpc) is 2.34. The first-order valence-corrected chi connectivity index (χ1v) is 5.52. The van der Waals surface area contributed by atoms with Crippen molar-refractivity contribution < 1.29 is 23.8 Å². The average molecular weight is 259 g/mol. The maximum absolute atomic E-state index is 13.4. The second-order valence-corrected chi connectivity index (χ2v) is 3.72. The minimum atomic E-state index is -1.04. The van der Waals surface area contributed by atoms with E-state index in [1.165, 1.54) is 17.0 Å². The summed E-state index contributed by atoms with van der Waals surface area (Å²) in [7, 11) is 0. The normalized spacial score (nSPS) is 10.4. The van der Waals surface area contributed by atoms with E-state index in [2.05, 4.69) is 0 Å². The first-order chi connectivity index (χ1) is 8.60. The van der Waals surface area contributed by atoms with Gasteiger partial charge < -0.3 is 15.1 Å². The van der Waals surface area contributed by atoms with Gasteiger partial charge in [0, 0.05) is 18.7 Å². The highest BCUT2D eigenvalue weighted by atomic mass is 19.2. The summed E-state index contributed by atoms with van der Waals surface area (Å²) in [4.78, 5) is 13.0. The van der Waals surface area contributed by atoms with Crippen LogP contribution in [0.25, 0.3) is 0 Å². The lowest BCUT2D eigenvalue weighted by Gasteiger charge is -2.20. The predicted octanol–water partition coefficient (Wildman–Crippen LogP) is 0.321. The molecule has 0 heterocycles. The Kier molecular flexibility index (Phi) is 5.67. The third kappa shape index (κ3) is 3.75. The van der Waals surface area contributed by atoms with Gasteiger partial charge in [-0.1, -0.05) is 12.1 Å². The molecule has 0 radical (unpaired) electrons. The molecule has 6 heteroatoms. The Morgan fingerprint density at radius 2 is 1.78 bits per heavy atom. The molecule has 0 aliphatic heterocycles. The molecule has 0 aliphatic rings. The van der Waals surface area contributed by atoms with Crippen molar-refractivity contribution in [1.82, 2.24) is 4.90 Å². The van der Waals surface area contributed by atoms with Crippen LogP contribution in [0.4, 0.5) is 8.78 Å². The number of aliphatic hydroxyl groups is 2. The SMILES string of the molecule is O=C(Cc1cccc(F)c1F)N(CCO)CCO. The molecule has 1 aromatic carbocycles. The zero-order valence-corrected chi connectivity index (χ0v) is 9.77. The van der Waals surface area contributed by atoms with Crippen LogP contribution in [0, 0.1) is 11.6 Å². The number of nitrogens with zero attached hydrogens (tertiary/aromatic N) is 1. The van der Waals surface area contributed by atoms with Crippen molar-refractivity contribution in [3.63, 3.8) is 0 Å². The van der Waals surface area contributed by atoms with Gasteiger partial charge in [0.25, 0.3) is 0 Å². The molecule has 0 fully saturated rings. The molecule has 0 aromatic heterocycles. The Morgan fingerprint density at radius 1 is 1.17 bits per heavy atom. The zero-order chi connectivity index (χ0) is 13.5. The van der Waals surface area contributed by atoms with Crippen LogP contribution in [0.5, 0.6) is 0 Å². The van der Waals surface area contributed by atoms with E-state index in [1.807, 2.05) is 0 Å². The van der Waals surface area contributed by atoms with Gasteiger partial charge in [-0.05, 0) is 6.07 Å². The number of carbonyl (C=O) groups is 1. The number of benzene rings is 1. The monoisotopic (exact) mass is 259 g/mol. The molecule has 4 nitrogen and oxygen atoms in total. The van der Waals surface area contributed by atoms with Crippen LogP contribution >= 0.6 is 0 Å². The van der Waals surface area contributed by atoms with E-state index in [0.29, 0.717) is 0 Å². The van der Waals surface area contributed by atoms with Gasteiger partial charge in [-0.25, -0.2) is 8.78 Å². The number of hydrogen-bond donors (Lipinski definition) is 2. The molecule has 0 atom stereocenters. The summed E-state index contributed by atoms with van der Waals surface area (Å²) in [6.07, 6.45) is -0.302. The molecule has 1 aromatic rings. The molecule has 0 spiro atoms. The van der Waals surface area contributed by atoms with E-state index in [0.717, 1.165) is 6.07 Å². The third-order valence-electron chi connectivity index (χ3n) is 2.47. The van der Waals surface area contributed by atoms with Crippen molar-refractivity contribution in [1.29, 1.82) is 0 Å². The first-order valence-electron chi connectivity index (χ1n) is 5.52. The molecular formula is C12H15F2NO3. The highest BCUT2D eigenvalue weighted by Gasteiger charge is 2.16. The molecule has 0 unspecified atom stereocenters. The Bertz CT molecular complexity index is 406. The zero-order valence-electron chi connectivity index (χ0n) is 9.77. The molecule has 0 bridgehead atoms. The lowest BCUT2D eigenvalue weighted by Crippen LogP contribution is -2.37. The number of rotatable bonds is 6. The first kappa shape index (κ1) is 14.5. The summed E-state index contributed by atoms with van der Waals surface area (Å²) in [6.45, 7) is -0.401. The third-order valence-corrected chi connectivity index (χ3v) is 2.47. The van der Waals surface area contributed by atoms with Gasteiger partial charge in [0.15, 0.2) is 11.6 Å². The van der Waals surface area contributed by atoms with Gasteiger partial charge in [-0.3, -0.25) is 4.79 Å². The number of aliphatic hydroxyl groups excluding tert-OH is 2. The summed E-state index contributed by atoms with van der Waals surface area (Å²) in [6, 6.07) is 3.62. The molecule has 0 aliphatic carbocycles. The van der Waals surface area contributed by atoms with Crippen molar-refractivity contribution in [2.75, 3.05) is 26.3 Å². The van der Waals surface area contributed by atoms with Gasteiger partial charge in [-0.15, -0.1) is 0 Å². The molecule has 100 valence electrons. The maximum Gasteiger partial charge on any atom is 0.227 e. The van der Waals surface area contributed by atoms with Crippen LogP contribution in [0.3, 0.4) is 0 Å². The fourth-order valence-electron chi connectivity index (χ4n) is 1.56. The van der Waals surface area contributed by atoms with Crippen LogP contribution in [-0.4, -0.2) is 47.3 Å². The fourth-order valence-corrected chi connectivity index (χ4v) is 1.56. The van der Waals surface area contributed by atoms with E-state index < -0.39 is 17.5 Å². The van der Waals surface area contributed by atoms with E-state index >= 15 is 0 Å². The second-order valence-electron chi connectivity index (χ2n) is 3.72. The van der Waals surface area contributed by atoms with Crippen molar-refractivity contribution in [2.24, 2.45) is 0 Å². The van der Waals surface area contributed by atoms with Gasteiger partial charge in [-0.2, -0.15) is 0 Å². The minimum absolute atomic E-state index is 0.0409. The highest BCUT2D eigenvalue weighted by Crippen LogP contribution is 2.12. The molecule has 2 N–H and O–H groups in total. The molecular weight excluding hydrogens is 244 g/mol. The smallest absolute Gasteiger partial charge is 0.227 e. The van der Waals surface area contributed by atoms with Crippen LogP contribution in [0.2, 0.25) is 0 Å². The fraction of sp³-hybridized carbons (Fsp3) is 0.417. The number of amides is 1. The summed E-state index contributed by atoms with van der Waals surface area (Å²) in [5.74, 6) is -2.52. The van der Waals surface area contributed by atoms with Crippen LogP contribution in [0.15, 0.2) is 18.2 Å². The summed E-state index contributed by atoms with van der Waals surface area (Å²) < 4.78 is 26.3. The van der Waals surface area contributed by atoms with Crippen LogP contribution in [-0.2, 0) is 11.2 Å². The summed E-state index contributed by atoms with van der Waals surface area (Å²) in [5.41, 5.74) is -0.0409. The Hall–Kier alpha value is -1.53. The van der Waals surface area contributed by atoms with Crippen molar-refractivity contribution >= 4 is 5.91 Å². The van der Waals surface area contributed by atoms with Crippen molar-refractivity contribution in [3.05, 3.63) is 35.4 Å². The summed E-state index contributed by atoms with van der Waals surface area (Å²) >= 11 is 0. The van der Waals surface area contributed by atoms with E-state index in [-0.39, 0.29) is 38.3 Å². The van der Waals surface area contributed by atoms with Crippen LogP contribution < -0.4 is 0 Å². The van der Waals surface area contributed by atoms with Crippen LogP contribution in [0.1, 0.15) is 5.56 Å². The molecule has 0 saturated heterocycles. The van der Waals surface area contributed by atoms with E-state index in [4.69, 9.17) is 10.2 Å². The topological polar surface area (TPSA) is 60.8 Å². The predicted molar refractivity (Wildman–Crippen MR) is 60.8 cm³/mol. The van der Waals surface area contributed by atoms with Crippen molar-refractivity contribution in [3.8, 4) is 0 Å². The molecule has 1 amide bonds. The number of hydrogen-bond acceptors (Lipinski definition) is 3. The van der Waals surface area contributed by atoms with Crippen molar-refractivity contribution in [2.45, 2.75) is 6.42 Å². The van der Waals surface area contributed by atoms with Gasteiger partial charge >= 0.3 is 0 Å². The lowest BCUT2D eigenvalue weighted by molar-refractivity contribution is -0.131. The molecule has 0 saturated carbocycles. The van der Waals surface area contributed by atoms with Gasteiger partial charge in [0.1, 0.15) is 0 Å². The Labute approximate surface area is 103 Å². The Morgan fingerprint density at radius 3 is 2.33 bits per heavy atom. The lowest BCUT2D eigenvalue weighted by atomic mass is 10.1.